The quantitative estimate of drug-likeness (QED) is 0.469. The highest BCUT2D eigenvalue weighted by atomic mass is 79.9. The van der Waals surface area contributed by atoms with Crippen molar-refractivity contribution < 1.29 is 18.3 Å². The van der Waals surface area contributed by atoms with Gasteiger partial charge in [-0.15, -0.1) is 0 Å². The zero-order valence-corrected chi connectivity index (χ0v) is 15.5. The summed E-state index contributed by atoms with van der Waals surface area (Å²) in [6.07, 6.45) is 1.54. The topological polar surface area (TPSA) is 73.8 Å². The number of ether oxygens (including phenoxy) is 2. The zero-order chi connectivity index (χ0) is 18.3. The lowest BCUT2D eigenvalue weighted by molar-refractivity contribution is 0.398. The fourth-order valence-electron chi connectivity index (χ4n) is 2.97. The minimum atomic E-state index is -0.511. The number of furan rings is 1. The first-order valence-corrected chi connectivity index (χ1v) is 8.53. The summed E-state index contributed by atoms with van der Waals surface area (Å²) in [5.74, 6) is 0.880. The second-order valence-electron chi connectivity index (χ2n) is 5.55. The SMILES string of the molecule is COc1c2occc2c(OC)c2c(Nc3ccc(Br)cc3)cc(=O)oc12. The van der Waals surface area contributed by atoms with Crippen LogP contribution in [0.1, 0.15) is 0 Å². The van der Waals surface area contributed by atoms with Gasteiger partial charge in [0.15, 0.2) is 11.2 Å². The Morgan fingerprint density at radius 2 is 1.73 bits per heavy atom. The lowest BCUT2D eigenvalue weighted by Crippen LogP contribution is -2.03. The summed E-state index contributed by atoms with van der Waals surface area (Å²) in [5, 5.41) is 4.58. The van der Waals surface area contributed by atoms with E-state index < -0.39 is 5.63 Å². The number of hydrogen-bond donors (Lipinski definition) is 1. The number of rotatable bonds is 4. The van der Waals surface area contributed by atoms with E-state index in [9.17, 15) is 4.79 Å². The molecule has 0 aliphatic heterocycles. The molecule has 0 spiro atoms. The van der Waals surface area contributed by atoms with Crippen molar-refractivity contribution >= 4 is 49.2 Å². The van der Waals surface area contributed by atoms with Gasteiger partial charge in [0, 0.05) is 16.2 Å². The molecule has 4 aromatic rings. The van der Waals surface area contributed by atoms with Crippen molar-refractivity contribution in [2.45, 2.75) is 0 Å². The van der Waals surface area contributed by atoms with Crippen LogP contribution in [0.3, 0.4) is 0 Å². The smallest absolute Gasteiger partial charge is 0.338 e. The van der Waals surface area contributed by atoms with E-state index >= 15 is 0 Å². The Morgan fingerprint density at radius 3 is 2.42 bits per heavy atom. The maximum absolute atomic E-state index is 12.1. The van der Waals surface area contributed by atoms with Gasteiger partial charge in [0.05, 0.1) is 36.9 Å². The van der Waals surface area contributed by atoms with Gasteiger partial charge in [-0.3, -0.25) is 0 Å². The third-order valence-electron chi connectivity index (χ3n) is 4.04. The van der Waals surface area contributed by atoms with Crippen LogP contribution in [-0.4, -0.2) is 14.2 Å². The Labute approximate surface area is 156 Å². The van der Waals surface area contributed by atoms with E-state index in [0.29, 0.717) is 28.2 Å². The molecule has 0 saturated heterocycles. The molecule has 0 unspecified atom stereocenters. The first-order chi connectivity index (χ1) is 12.6. The largest absolute Gasteiger partial charge is 0.495 e. The Bertz CT molecular complexity index is 1160. The first kappa shape index (κ1) is 16.5. The molecule has 0 bridgehead atoms. The predicted molar refractivity (Wildman–Crippen MR) is 103 cm³/mol. The molecular weight excluding hydrogens is 402 g/mol. The lowest BCUT2D eigenvalue weighted by Gasteiger charge is -2.14. The van der Waals surface area contributed by atoms with Crippen molar-refractivity contribution in [2.24, 2.45) is 0 Å². The maximum atomic E-state index is 12.1. The molecule has 2 aromatic heterocycles. The minimum Gasteiger partial charge on any atom is -0.495 e. The van der Waals surface area contributed by atoms with Gasteiger partial charge in [-0.1, -0.05) is 15.9 Å². The summed E-state index contributed by atoms with van der Waals surface area (Å²) in [5.41, 5.74) is 1.58. The molecule has 0 aliphatic carbocycles. The van der Waals surface area contributed by atoms with E-state index in [1.54, 1.807) is 13.2 Å². The highest BCUT2D eigenvalue weighted by Gasteiger charge is 2.23. The van der Waals surface area contributed by atoms with Crippen LogP contribution in [0.4, 0.5) is 11.4 Å². The summed E-state index contributed by atoms with van der Waals surface area (Å²) < 4.78 is 23.0. The number of anilines is 2. The maximum Gasteiger partial charge on any atom is 0.338 e. The van der Waals surface area contributed by atoms with Crippen molar-refractivity contribution in [3.05, 3.63) is 57.6 Å². The molecule has 0 fully saturated rings. The number of hydrogen-bond acceptors (Lipinski definition) is 6. The van der Waals surface area contributed by atoms with Crippen LogP contribution in [0, 0.1) is 0 Å². The van der Waals surface area contributed by atoms with Crippen LogP contribution >= 0.6 is 15.9 Å². The Morgan fingerprint density at radius 1 is 1.00 bits per heavy atom. The van der Waals surface area contributed by atoms with Gasteiger partial charge in [0.2, 0.25) is 5.75 Å². The predicted octanol–water partition coefficient (Wildman–Crippen LogP) is 5.06. The van der Waals surface area contributed by atoms with Gasteiger partial charge < -0.3 is 23.6 Å². The molecule has 0 aliphatic rings. The summed E-state index contributed by atoms with van der Waals surface area (Å²) in [6.45, 7) is 0. The van der Waals surface area contributed by atoms with Crippen molar-refractivity contribution in [3.8, 4) is 11.5 Å². The summed E-state index contributed by atoms with van der Waals surface area (Å²) >= 11 is 3.41. The van der Waals surface area contributed by atoms with Crippen LogP contribution < -0.4 is 20.4 Å². The number of methoxy groups -OCH3 is 2. The number of halogens is 1. The van der Waals surface area contributed by atoms with E-state index in [4.69, 9.17) is 18.3 Å². The molecule has 0 atom stereocenters. The molecule has 7 heteroatoms. The van der Waals surface area contributed by atoms with Gasteiger partial charge in [0.1, 0.15) is 5.75 Å². The molecule has 0 saturated carbocycles. The average Bonchev–Trinajstić information content (AvgIpc) is 3.11. The summed E-state index contributed by atoms with van der Waals surface area (Å²) in [6, 6.07) is 10.8. The summed E-state index contributed by atoms with van der Waals surface area (Å²) in [7, 11) is 3.06. The number of benzene rings is 2. The normalized spacial score (nSPS) is 11.0. The molecule has 6 nitrogen and oxygen atoms in total. The second-order valence-corrected chi connectivity index (χ2v) is 6.46. The van der Waals surface area contributed by atoms with Crippen LogP contribution in [0.15, 0.2) is 60.8 Å². The van der Waals surface area contributed by atoms with Crippen LogP contribution in [0.5, 0.6) is 11.5 Å². The Balaban J connectivity index is 2.06. The molecule has 2 aromatic carbocycles. The average molecular weight is 416 g/mol. The highest BCUT2D eigenvalue weighted by Crippen LogP contribution is 2.45. The molecular formula is C19H14BrNO5. The van der Waals surface area contributed by atoms with E-state index in [1.807, 2.05) is 24.3 Å². The van der Waals surface area contributed by atoms with Gasteiger partial charge in [0.25, 0.3) is 0 Å². The third-order valence-corrected chi connectivity index (χ3v) is 4.57. The van der Waals surface area contributed by atoms with Crippen molar-refractivity contribution in [3.63, 3.8) is 0 Å². The second kappa shape index (κ2) is 6.42. The number of fused-ring (bicyclic) bond motifs is 2. The van der Waals surface area contributed by atoms with Crippen LogP contribution in [-0.2, 0) is 0 Å². The van der Waals surface area contributed by atoms with E-state index in [1.165, 1.54) is 19.4 Å². The van der Waals surface area contributed by atoms with E-state index in [2.05, 4.69) is 21.2 Å². The van der Waals surface area contributed by atoms with Gasteiger partial charge in [-0.25, -0.2) is 4.79 Å². The van der Waals surface area contributed by atoms with Crippen molar-refractivity contribution in [2.75, 3.05) is 19.5 Å². The van der Waals surface area contributed by atoms with E-state index in [-0.39, 0.29) is 5.58 Å². The van der Waals surface area contributed by atoms with Gasteiger partial charge in [-0.2, -0.15) is 0 Å². The zero-order valence-electron chi connectivity index (χ0n) is 14.0. The molecule has 132 valence electrons. The van der Waals surface area contributed by atoms with Crippen molar-refractivity contribution in [1.82, 2.24) is 0 Å². The lowest BCUT2D eigenvalue weighted by atomic mass is 10.1. The minimum absolute atomic E-state index is 0.263. The fraction of sp³-hybridized carbons (Fsp3) is 0.105. The van der Waals surface area contributed by atoms with Crippen LogP contribution in [0.25, 0.3) is 21.9 Å². The molecule has 0 amide bonds. The monoisotopic (exact) mass is 415 g/mol. The van der Waals surface area contributed by atoms with Crippen molar-refractivity contribution in [1.29, 1.82) is 0 Å². The molecule has 2 heterocycles. The molecule has 4 rings (SSSR count). The Hall–Kier alpha value is -2.93. The highest BCUT2D eigenvalue weighted by molar-refractivity contribution is 9.10. The molecule has 26 heavy (non-hydrogen) atoms. The van der Waals surface area contributed by atoms with Crippen LogP contribution in [0.2, 0.25) is 0 Å². The van der Waals surface area contributed by atoms with Gasteiger partial charge >= 0.3 is 5.63 Å². The Kier molecular flexibility index (Phi) is 4.08. The standard InChI is InChI=1S/C19H14BrNO5/c1-23-16-12-7-8-25-17(12)19(24-2)18-15(16)13(9-14(22)26-18)21-11-5-3-10(20)4-6-11/h3-9,21H,1-2H3. The fourth-order valence-corrected chi connectivity index (χ4v) is 3.23. The first-order valence-electron chi connectivity index (χ1n) is 7.74. The van der Waals surface area contributed by atoms with Gasteiger partial charge in [-0.05, 0) is 30.3 Å². The molecule has 1 N–H and O–H groups in total. The summed E-state index contributed by atoms with van der Waals surface area (Å²) in [4.78, 5) is 12.1. The van der Waals surface area contributed by atoms with E-state index in [0.717, 1.165) is 15.5 Å². The molecule has 0 radical (unpaired) electrons. The third kappa shape index (κ3) is 2.61. The number of nitrogens with one attached hydrogen (secondary N) is 1.